The molecule has 2 N–H and O–H groups in total. The quantitative estimate of drug-likeness (QED) is 0.857. The molecule has 1 aromatic carbocycles. The van der Waals surface area contributed by atoms with E-state index >= 15 is 0 Å². The lowest BCUT2D eigenvalue weighted by atomic mass is 10.1. The maximum Gasteiger partial charge on any atom is 0.0485 e. The average Bonchev–Trinajstić information content (AvgIpc) is 2.64. The number of nitrogens with two attached hydrogens (primary N) is 1. The molecule has 2 rings (SSSR count). The molecule has 0 radical (unpaired) electrons. The second kappa shape index (κ2) is 4.92. The van der Waals surface area contributed by atoms with Crippen molar-refractivity contribution in [2.24, 2.45) is 5.73 Å². The summed E-state index contributed by atoms with van der Waals surface area (Å²) in [7, 11) is 0. The van der Waals surface area contributed by atoms with Crippen LogP contribution >= 0.6 is 0 Å². The molecule has 2 aromatic rings. The van der Waals surface area contributed by atoms with Crippen LogP contribution in [0, 0.1) is 6.92 Å². The topological polar surface area (TPSA) is 30.9 Å². The van der Waals surface area contributed by atoms with E-state index in [1.165, 1.54) is 22.0 Å². The molecule has 0 bridgehead atoms. The third-order valence-electron chi connectivity index (χ3n) is 3.28. The highest BCUT2D eigenvalue weighted by Gasteiger charge is 2.10. The molecule has 0 aliphatic carbocycles. The lowest BCUT2D eigenvalue weighted by Gasteiger charge is -2.08. The second-order valence-electron chi connectivity index (χ2n) is 5.07. The van der Waals surface area contributed by atoms with Crippen LogP contribution in [0.5, 0.6) is 0 Å². The number of hydrogen-bond donors (Lipinski definition) is 1. The molecule has 17 heavy (non-hydrogen) atoms. The van der Waals surface area contributed by atoms with Gasteiger partial charge in [0.05, 0.1) is 0 Å². The van der Waals surface area contributed by atoms with Gasteiger partial charge in [0.25, 0.3) is 0 Å². The fraction of sp³-hybridized carbons (Fsp3) is 0.467. The molecule has 0 amide bonds. The Bertz CT molecular complexity index is 509. The highest BCUT2D eigenvalue weighted by atomic mass is 15.0. The van der Waals surface area contributed by atoms with Crippen molar-refractivity contribution in [3.63, 3.8) is 0 Å². The zero-order valence-electron chi connectivity index (χ0n) is 11.0. The first kappa shape index (κ1) is 12.2. The number of fused-ring (bicyclic) bond motifs is 1. The molecule has 0 saturated carbocycles. The maximum absolute atomic E-state index is 5.61. The minimum atomic E-state index is 0.506. The van der Waals surface area contributed by atoms with Gasteiger partial charge in [0, 0.05) is 23.1 Å². The van der Waals surface area contributed by atoms with Gasteiger partial charge >= 0.3 is 0 Å². The van der Waals surface area contributed by atoms with Crippen molar-refractivity contribution in [3.05, 3.63) is 35.5 Å². The van der Waals surface area contributed by atoms with E-state index in [0.29, 0.717) is 6.04 Å². The van der Waals surface area contributed by atoms with Gasteiger partial charge in [0.1, 0.15) is 0 Å². The fourth-order valence-electron chi connectivity index (χ4n) is 2.36. The molecule has 0 saturated heterocycles. The number of aryl methyl sites for hydroxylation is 2. The molecule has 0 spiro atoms. The normalized spacial score (nSPS) is 11.6. The fourth-order valence-corrected chi connectivity index (χ4v) is 2.36. The van der Waals surface area contributed by atoms with Gasteiger partial charge in [-0.05, 0) is 57.9 Å². The summed E-state index contributed by atoms with van der Waals surface area (Å²) in [5.74, 6) is 0. The summed E-state index contributed by atoms with van der Waals surface area (Å²) < 4.78 is 2.36. The van der Waals surface area contributed by atoms with Crippen LogP contribution in [0.2, 0.25) is 0 Å². The first-order valence-electron chi connectivity index (χ1n) is 6.43. The van der Waals surface area contributed by atoms with E-state index in [-0.39, 0.29) is 0 Å². The van der Waals surface area contributed by atoms with Gasteiger partial charge in [-0.2, -0.15) is 0 Å². The molecule has 2 nitrogen and oxygen atoms in total. The molecule has 92 valence electrons. The smallest absolute Gasteiger partial charge is 0.0485 e. The standard InChI is InChI=1S/C15H22N2/c1-11(2)17-10-13(5-4-8-16)14-9-12(3)6-7-15(14)17/h6-7,9-11H,4-5,8,16H2,1-3H3. The van der Waals surface area contributed by atoms with Gasteiger partial charge in [-0.25, -0.2) is 0 Å². The minimum absolute atomic E-state index is 0.506. The van der Waals surface area contributed by atoms with E-state index in [1.807, 2.05) is 0 Å². The number of hydrogen-bond acceptors (Lipinski definition) is 1. The first-order chi connectivity index (χ1) is 8.13. The zero-order chi connectivity index (χ0) is 12.4. The van der Waals surface area contributed by atoms with Crippen molar-refractivity contribution in [1.82, 2.24) is 4.57 Å². The summed E-state index contributed by atoms with van der Waals surface area (Å²) in [6.07, 6.45) is 4.44. The molecular formula is C15H22N2. The third-order valence-corrected chi connectivity index (χ3v) is 3.28. The molecule has 1 aromatic heterocycles. The van der Waals surface area contributed by atoms with Crippen LogP contribution in [-0.2, 0) is 6.42 Å². The van der Waals surface area contributed by atoms with Crippen LogP contribution in [0.3, 0.4) is 0 Å². The van der Waals surface area contributed by atoms with Crippen molar-refractivity contribution in [2.75, 3.05) is 6.54 Å². The van der Waals surface area contributed by atoms with Crippen molar-refractivity contribution in [2.45, 2.75) is 39.7 Å². The Balaban J connectivity index is 2.54. The SMILES string of the molecule is Cc1ccc2c(c1)c(CCCN)cn2C(C)C. The summed E-state index contributed by atoms with van der Waals surface area (Å²) in [4.78, 5) is 0. The summed E-state index contributed by atoms with van der Waals surface area (Å²) >= 11 is 0. The van der Waals surface area contributed by atoms with E-state index < -0.39 is 0 Å². The second-order valence-corrected chi connectivity index (χ2v) is 5.07. The summed E-state index contributed by atoms with van der Waals surface area (Å²) in [5, 5.41) is 1.40. The van der Waals surface area contributed by atoms with Gasteiger partial charge in [0.15, 0.2) is 0 Å². The minimum Gasteiger partial charge on any atom is -0.345 e. The molecule has 0 fully saturated rings. The summed E-state index contributed by atoms with van der Waals surface area (Å²) in [6.45, 7) is 7.37. The lowest BCUT2D eigenvalue weighted by molar-refractivity contribution is 0.620. The average molecular weight is 230 g/mol. The van der Waals surface area contributed by atoms with E-state index in [2.05, 4.69) is 49.7 Å². The van der Waals surface area contributed by atoms with Gasteiger partial charge in [-0.3, -0.25) is 0 Å². The maximum atomic E-state index is 5.61. The Kier molecular flexibility index (Phi) is 3.53. The van der Waals surface area contributed by atoms with Crippen LogP contribution in [0.4, 0.5) is 0 Å². The van der Waals surface area contributed by atoms with Crippen molar-refractivity contribution in [1.29, 1.82) is 0 Å². The van der Waals surface area contributed by atoms with Gasteiger partial charge in [-0.1, -0.05) is 11.6 Å². The predicted molar refractivity (Wildman–Crippen MR) is 74.4 cm³/mol. The summed E-state index contributed by atoms with van der Waals surface area (Å²) in [6, 6.07) is 7.22. The molecule has 0 aliphatic heterocycles. The Morgan fingerprint density at radius 3 is 2.71 bits per heavy atom. The number of aromatic nitrogens is 1. The highest BCUT2D eigenvalue weighted by molar-refractivity contribution is 5.84. The zero-order valence-corrected chi connectivity index (χ0v) is 11.0. The Hall–Kier alpha value is -1.28. The van der Waals surface area contributed by atoms with Gasteiger partial charge < -0.3 is 10.3 Å². The molecule has 0 aliphatic rings. The molecule has 0 atom stereocenters. The van der Waals surface area contributed by atoms with Crippen LogP contribution in [-0.4, -0.2) is 11.1 Å². The van der Waals surface area contributed by atoms with Gasteiger partial charge in [-0.15, -0.1) is 0 Å². The first-order valence-corrected chi connectivity index (χ1v) is 6.43. The number of benzene rings is 1. The van der Waals surface area contributed by atoms with E-state index in [1.54, 1.807) is 0 Å². The van der Waals surface area contributed by atoms with Crippen LogP contribution in [0.25, 0.3) is 10.9 Å². The number of rotatable bonds is 4. The highest BCUT2D eigenvalue weighted by Crippen LogP contribution is 2.26. The molecule has 0 unspecified atom stereocenters. The van der Waals surface area contributed by atoms with Gasteiger partial charge in [0.2, 0.25) is 0 Å². The molecular weight excluding hydrogens is 208 g/mol. The van der Waals surface area contributed by atoms with Crippen molar-refractivity contribution in [3.8, 4) is 0 Å². The van der Waals surface area contributed by atoms with Crippen molar-refractivity contribution < 1.29 is 0 Å². The van der Waals surface area contributed by atoms with E-state index in [0.717, 1.165) is 19.4 Å². The predicted octanol–water partition coefficient (Wildman–Crippen LogP) is 3.42. The lowest BCUT2D eigenvalue weighted by Crippen LogP contribution is -2.00. The van der Waals surface area contributed by atoms with E-state index in [4.69, 9.17) is 5.73 Å². The Morgan fingerprint density at radius 2 is 2.06 bits per heavy atom. The van der Waals surface area contributed by atoms with Crippen LogP contribution in [0.15, 0.2) is 24.4 Å². The Morgan fingerprint density at radius 1 is 1.29 bits per heavy atom. The summed E-state index contributed by atoms with van der Waals surface area (Å²) in [5.41, 5.74) is 9.72. The largest absolute Gasteiger partial charge is 0.345 e. The number of nitrogens with zero attached hydrogens (tertiary/aromatic N) is 1. The van der Waals surface area contributed by atoms with Crippen molar-refractivity contribution >= 4 is 10.9 Å². The van der Waals surface area contributed by atoms with Crippen LogP contribution in [0.1, 0.15) is 37.4 Å². The Labute approximate surface area is 103 Å². The van der Waals surface area contributed by atoms with Crippen LogP contribution < -0.4 is 5.73 Å². The monoisotopic (exact) mass is 230 g/mol. The third kappa shape index (κ3) is 2.37. The molecule has 2 heteroatoms. The van der Waals surface area contributed by atoms with E-state index in [9.17, 15) is 0 Å². The molecule has 1 heterocycles.